The first-order valence-corrected chi connectivity index (χ1v) is 11.6. The topological polar surface area (TPSA) is 46.9 Å². The summed E-state index contributed by atoms with van der Waals surface area (Å²) in [4.78, 5) is 18.0. The highest BCUT2D eigenvalue weighted by molar-refractivity contribution is 6.04. The Morgan fingerprint density at radius 3 is 2.58 bits per heavy atom. The maximum atomic E-state index is 13.2. The number of aromatic nitrogens is 2. The van der Waals surface area contributed by atoms with Crippen LogP contribution in [0.2, 0.25) is 0 Å². The van der Waals surface area contributed by atoms with E-state index in [9.17, 15) is 4.79 Å². The second kappa shape index (κ2) is 9.09. The van der Waals surface area contributed by atoms with Crippen molar-refractivity contribution >= 4 is 11.6 Å². The normalized spacial score (nSPS) is 12.8. The lowest BCUT2D eigenvalue weighted by molar-refractivity contribution is 0.102. The molecule has 4 rings (SSSR count). The number of carbonyl (C=O) groups is 1. The third-order valence-electron chi connectivity index (χ3n) is 6.54. The van der Waals surface area contributed by atoms with Gasteiger partial charge in [-0.2, -0.15) is 0 Å². The van der Waals surface area contributed by atoms with Gasteiger partial charge in [-0.25, -0.2) is 4.98 Å². The van der Waals surface area contributed by atoms with Gasteiger partial charge in [-0.3, -0.25) is 4.79 Å². The van der Waals surface area contributed by atoms with Gasteiger partial charge in [0.15, 0.2) is 0 Å². The van der Waals surface area contributed by atoms with Gasteiger partial charge in [0.1, 0.15) is 11.5 Å². The zero-order valence-corrected chi connectivity index (χ0v) is 19.2. The van der Waals surface area contributed by atoms with Crippen LogP contribution in [0.5, 0.6) is 0 Å². The molecule has 0 spiro atoms. The minimum Gasteiger partial charge on any atom is -0.328 e. The molecule has 2 aromatic carbocycles. The predicted octanol–water partition coefficient (Wildman–Crippen LogP) is 6.41. The van der Waals surface area contributed by atoms with E-state index in [1.807, 2.05) is 25.1 Å². The van der Waals surface area contributed by atoms with Gasteiger partial charge in [0.05, 0.1) is 0 Å². The molecular formula is C27H33N3O. The second-order valence-corrected chi connectivity index (χ2v) is 8.82. The number of hydrogen-bond acceptors (Lipinski definition) is 2. The maximum Gasteiger partial charge on any atom is 0.276 e. The van der Waals surface area contributed by atoms with E-state index in [0.29, 0.717) is 5.69 Å². The van der Waals surface area contributed by atoms with Crippen LogP contribution in [0.3, 0.4) is 0 Å². The summed E-state index contributed by atoms with van der Waals surface area (Å²) in [5.41, 5.74) is 8.65. The Morgan fingerprint density at radius 1 is 1.00 bits per heavy atom. The molecule has 162 valence electrons. The van der Waals surface area contributed by atoms with Gasteiger partial charge >= 0.3 is 0 Å². The second-order valence-electron chi connectivity index (χ2n) is 8.82. The molecule has 31 heavy (non-hydrogen) atoms. The number of nitrogens with zero attached hydrogens (tertiary/aromatic N) is 2. The number of unbranched alkanes of at least 4 members (excludes halogenated alkanes) is 2. The van der Waals surface area contributed by atoms with Crippen molar-refractivity contribution < 1.29 is 4.79 Å². The van der Waals surface area contributed by atoms with Crippen LogP contribution in [0.15, 0.2) is 36.4 Å². The van der Waals surface area contributed by atoms with Gasteiger partial charge in [-0.1, -0.05) is 38.0 Å². The number of imidazole rings is 1. The smallest absolute Gasteiger partial charge is 0.276 e. The quantitative estimate of drug-likeness (QED) is 0.453. The van der Waals surface area contributed by atoms with Crippen LogP contribution < -0.4 is 5.32 Å². The van der Waals surface area contributed by atoms with Crippen molar-refractivity contribution in [2.45, 2.75) is 72.8 Å². The summed E-state index contributed by atoms with van der Waals surface area (Å²) in [6.45, 7) is 9.25. The molecule has 0 radical (unpaired) electrons. The summed E-state index contributed by atoms with van der Waals surface area (Å²) in [6.07, 6.45) is 6.96. The Morgan fingerprint density at radius 2 is 1.81 bits per heavy atom. The summed E-state index contributed by atoms with van der Waals surface area (Å²) in [6, 6.07) is 12.7. The molecule has 1 amide bonds. The number of benzene rings is 2. The molecule has 0 fully saturated rings. The molecule has 1 aliphatic rings. The lowest BCUT2D eigenvalue weighted by atomic mass is 10.1. The molecule has 0 unspecified atom stereocenters. The number of fused-ring (bicyclic) bond motifs is 1. The molecule has 0 aliphatic heterocycles. The fourth-order valence-electron chi connectivity index (χ4n) is 4.48. The number of rotatable bonds is 7. The largest absolute Gasteiger partial charge is 0.328 e. The standard InChI is InChI=1S/C27H33N3O/c1-5-6-7-15-30-20(4)25(27(31)28-24-14-11-18(2)19(3)16-24)29-26(30)23-13-12-21-9-8-10-22(21)17-23/h11-14,16-17H,5-10,15H2,1-4H3,(H,28,31). The fourth-order valence-corrected chi connectivity index (χ4v) is 4.48. The minimum absolute atomic E-state index is 0.141. The molecule has 4 heteroatoms. The van der Waals surface area contributed by atoms with E-state index in [1.54, 1.807) is 0 Å². The van der Waals surface area contributed by atoms with Gasteiger partial charge < -0.3 is 9.88 Å². The minimum atomic E-state index is -0.141. The molecule has 0 bridgehead atoms. The van der Waals surface area contributed by atoms with Gasteiger partial charge in [-0.15, -0.1) is 0 Å². The van der Waals surface area contributed by atoms with E-state index in [1.165, 1.54) is 47.9 Å². The van der Waals surface area contributed by atoms with Gasteiger partial charge in [0.2, 0.25) is 0 Å². The highest BCUT2D eigenvalue weighted by Gasteiger charge is 2.22. The van der Waals surface area contributed by atoms with Crippen molar-refractivity contribution in [3.05, 3.63) is 70.0 Å². The van der Waals surface area contributed by atoms with Crippen LogP contribution in [0, 0.1) is 20.8 Å². The van der Waals surface area contributed by atoms with Crippen molar-refractivity contribution in [3.8, 4) is 11.4 Å². The number of anilines is 1. The van der Waals surface area contributed by atoms with Crippen LogP contribution in [0.1, 0.15) is 71.0 Å². The number of hydrogen-bond donors (Lipinski definition) is 1. The third-order valence-corrected chi connectivity index (χ3v) is 6.54. The summed E-state index contributed by atoms with van der Waals surface area (Å²) in [7, 11) is 0. The average molecular weight is 416 g/mol. The Bertz CT molecular complexity index is 1110. The molecule has 0 saturated heterocycles. The first kappa shape index (κ1) is 21.4. The number of nitrogens with one attached hydrogen (secondary N) is 1. The van der Waals surface area contributed by atoms with E-state index in [4.69, 9.17) is 4.98 Å². The molecule has 4 nitrogen and oxygen atoms in total. The first-order chi connectivity index (χ1) is 15.0. The van der Waals surface area contributed by atoms with E-state index < -0.39 is 0 Å². The lowest BCUT2D eigenvalue weighted by Gasteiger charge is -2.11. The molecule has 1 N–H and O–H groups in total. The van der Waals surface area contributed by atoms with Gasteiger partial charge in [0.25, 0.3) is 5.91 Å². The van der Waals surface area contributed by atoms with Gasteiger partial charge in [0, 0.05) is 23.5 Å². The monoisotopic (exact) mass is 415 g/mol. The van der Waals surface area contributed by atoms with Crippen LogP contribution in [0.4, 0.5) is 5.69 Å². The van der Waals surface area contributed by atoms with Crippen molar-refractivity contribution in [3.63, 3.8) is 0 Å². The summed E-state index contributed by atoms with van der Waals surface area (Å²) in [5.74, 6) is 0.769. The first-order valence-electron chi connectivity index (χ1n) is 11.6. The zero-order chi connectivity index (χ0) is 22.0. The average Bonchev–Trinajstić information content (AvgIpc) is 3.35. The van der Waals surface area contributed by atoms with Crippen LogP contribution in [-0.4, -0.2) is 15.5 Å². The predicted molar refractivity (Wildman–Crippen MR) is 128 cm³/mol. The van der Waals surface area contributed by atoms with Crippen LogP contribution in [0.25, 0.3) is 11.4 Å². The van der Waals surface area contributed by atoms with Crippen LogP contribution >= 0.6 is 0 Å². The fraction of sp³-hybridized carbons (Fsp3) is 0.407. The highest BCUT2D eigenvalue weighted by Crippen LogP contribution is 2.30. The molecular weight excluding hydrogens is 382 g/mol. The molecule has 3 aromatic rings. The molecule has 0 saturated carbocycles. The summed E-state index contributed by atoms with van der Waals surface area (Å²) in [5, 5.41) is 3.05. The zero-order valence-electron chi connectivity index (χ0n) is 19.2. The summed E-state index contributed by atoms with van der Waals surface area (Å²) < 4.78 is 2.24. The Hall–Kier alpha value is -2.88. The molecule has 1 aliphatic carbocycles. The summed E-state index contributed by atoms with van der Waals surface area (Å²) >= 11 is 0. The lowest BCUT2D eigenvalue weighted by Crippen LogP contribution is -2.14. The molecule has 1 heterocycles. The highest BCUT2D eigenvalue weighted by atomic mass is 16.1. The Kier molecular flexibility index (Phi) is 6.26. The van der Waals surface area contributed by atoms with Crippen molar-refractivity contribution in [1.82, 2.24) is 9.55 Å². The van der Waals surface area contributed by atoms with E-state index in [-0.39, 0.29) is 5.91 Å². The van der Waals surface area contributed by atoms with E-state index >= 15 is 0 Å². The number of aryl methyl sites for hydroxylation is 4. The van der Waals surface area contributed by atoms with Crippen molar-refractivity contribution in [1.29, 1.82) is 0 Å². The maximum absolute atomic E-state index is 13.2. The van der Waals surface area contributed by atoms with Crippen molar-refractivity contribution in [2.24, 2.45) is 0 Å². The Balaban J connectivity index is 1.68. The SMILES string of the molecule is CCCCCn1c(-c2ccc3c(c2)CCC3)nc(C(=O)Nc2ccc(C)c(C)c2)c1C. The molecule has 0 atom stereocenters. The van der Waals surface area contributed by atoms with Gasteiger partial charge in [-0.05, 0) is 86.9 Å². The van der Waals surface area contributed by atoms with E-state index in [2.05, 4.69) is 48.9 Å². The number of carbonyl (C=O) groups excluding carboxylic acids is 1. The van der Waals surface area contributed by atoms with Crippen LogP contribution in [-0.2, 0) is 19.4 Å². The van der Waals surface area contributed by atoms with E-state index in [0.717, 1.165) is 42.2 Å². The number of amides is 1. The third kappa shape index (κ3) is 4.43. The molecule has 1 aromatic heterocycles. The van der Waals surface area contributed by atoms with Crippen molar-refractivity contribution in [2.75, 3.05) is 5.32 Å². The Labute approximate surface area is 185 Å².